The third-order valence-corrected chi connectivity index (χ3v) is 4.17. The molecule has 2 aromatic carbocycles. The second-order valence-corrected chi connectivity index (χ2v) is 5.63. The third kappa shape index (κ3) is 2.25. The lowest BCUT2D eigenvalue weighted by molar-refractivity contribution is 0.600. The van der Waals surface area contributed by atoms with Gasteiger partial charge in [0.15, 0.2) is 0 Å². The molecule has 0 saturated heterocycles. The van der Waals surface area contributed by atoms with E-state index >= 15 is 0 Å². The predicted octanol–water partition coefficient (Wildman–Crippen LogP) is 3.87. The van der Waals surface area contributed by atoms with Crippen LogP contribution in [0.15, 0.2) is 53.1 Å². The molecule has 0 fully saturated rings. The molecule has 0 aliphatic carbocycles. The second-order valence-electron chi connectivity index (χ2n) is 4.78. The molecular weight excluding hydrogens is 314 g/mol. The maximum atomic E-state index is 6.44. The van der Waals surface area contributed by atoms with Crippen LogP contribution in [0.2, 0.25) is 0 Å². The van der Waals surface area contributed by atoms with Gasteiger partial charge in [-0.1, -0.05) is 36.4 Å². The zero-order valence-electron chi connectivity index (χ0n) is 11.3. The SMILES string of the molecule is CCn1ncc(Br)c1C(N)c1ccc2ccccc2c1. The van der Waals surface area contributed by atoms with E-state index in [1.807, 2.05) is 16.8 Å². The molecule has 1 aromatic heterocycles. The summed E-state index contributed by atoms with van der Waals surface area (Å²) in [6.45, 7) is 2.87. The molecule has 0 aliphatic rings. The summed E-state index contributed by atoms with van der Waals surface area (Å²) in [7, 11) is 0. The van der Waals surface area contributed by atoms with Gasteiger partial charge in [0.2, 0.25) is 0 Å². The van der Waals surface area contributed by atoms with Crippen LogP contribution < -0.4 is 5.73 Å². The normalized spacial score (nSPS) is 12.8. The van der Waals surface area contributed by atoms with E-state index in [1.54, 1.807) is 6.20 Å². The molecule has 0 bridgehead atoms. The highest BCUT2D eigenvalue weighted by molar-refractivity contribution is 9.10. The van der Waals surface area contributed by atoms with Crippen LogP contribution in [-0.4, -0.2) is 9.78 Å². The number of hydrogen-bond donors (Lipinski definition) is 1. The van der Waals surface area contributed by atoms with Crippen LogP contribution in [0.1, 0.15) is 24.2 Å². The van der Waals surface area contributed by atoms with Crippen LogP contribution in [0.3, 0.4) is 0 Å². The number of nitrogens with zero attached hydrogens (tertiary/aromatic N) is 2. The van der Waals surface area contributed by atoms with Crippen molar-refractivity contribution in [2.45, 2.75) is 19.5 Å². The van der Waals surface area contributed by atoms with E-state index in [0.717, 1.165) is 22.3 Å². The lowest BCUT2D eigenvalue weighted by Gasteiger charge is -2.15. The van der Waals surface area contributed by atoms with Crippen molar-refractivity contribution >= 4 is 26.7 Å². The predicted molar refractivity (Wildman–Crippen MR) is 85.6 cm³/mol. The second kappa shape index (κ2) is 5.38. The van der Waals surface area contributed by atoms with Gasteiger partial charge in [-0.25, -0.2) is 0 Å². The summed E-state index contributed by atoms with van der Waals surface area (Å²) in [5.74, 6) is 0. The van der Waals surface area contributed by atoms with Crippen LogP contribution in [-0.2, 0) is 6.54 Å². The Kier molecular flexibility index (Phi) is 3.59. The van der Waals surface area contributed by atoms with Crippen LogP contribution in [0.5, 0.6) is 0 Å². The third-order valence-electron chi connectivity index (χ3n) is 3.56. The summed E-state index contributed by atoms with van der Waals surface area (Å²) in [4.78, 5) is 0. The fourth-order valence-electron chi connectivity index (χ4n) is 2.49. The molecule has 1 heterocycles. The topological polar surface area (TPSA) is 43.8 Å². The number of fused-ring (bicyclic) bond motifs is 1. The van der Waals surface area contributed by atoms with Crippen molar-refractivity contribution in [2.24, 2.45) is 5.73 Å². The van der Waals surface area contributed by atoms with E-state index < -0.39 is 0 Å². The van der Waals surface area contributed by atoms with Crippen molar-refractivity contribution < 1.29 is 0 Å². The highest BCUT2D eigenvalue weighted by atomic mass is 79.9. The number of hydrogen-bond acceptors (Lipinski definition) is 2. The molecule has 0 amide bonds. The molecule has 0 spiro atoms. The summed E-state index contributed by atoms with van der Waals surface area (Å²) in [6.07, 6.45) is 1.81. The number of aryl methyl sites for hydroxylation is 1. The molecule has 2 N–H and O–H groups in total. The van der Waals surface area contributed by atoms with Crippen molar-refractivity contribution in [3.05, 3.63) is 64.4 Å². The van der Waals surface area contributed by atoms with Crippen LogP contribution in [0, 0.1) is 0 Å². The van der Waals surface area contributed by atoms with E-state index in [0.29, 0.717) is 0 Å². The molecule has 3 nitrogen and oxygen atoms in total. The van der Waals surface area contributed by atoms with Gasteiger partial charge in [-0.3, -0.25) is 4.68 Å². The summed E-state index contributed by atoms with van der Waals surface area (Å²) < 4.78 is 2.89. The van der Waals surface area contributed by atoms with Gasteiger partial charge in [-0.05, 0) is 45.3 Å². The van der Waals surface area contributed by atoms with E-state index in [1.165, 1.54) is 10.8 Å². The lowest BCUT2D eigenvalue weighted by Crippen LogP contribution is -2.17. The first-order valence-electron chi connectivity index (χ1n) is 6.66. The van der Waals surface area contributed by atoms with E-state index in [-0.39, 0.29) is 6.04 Å². The average Bonchev–Trinajstić information content (AvgIpc) is 2.87. The molecule has 3 rings (SSSR count). The molecule has 3 aromatic rings. The Bertz CT molecular complexity index is 748. The first-order chi connectivity index (χ1) is 9.70. The maximum Gasteiger partial charge on any atom is 0.0738 e. The van der Waals surface area contributed by atoms with Crippen molar-refractivity contribution in [1.82, 2.24) is 9.78 Å². The number of nitrogens with two attached hydrogens (primary N) is 1. The Balaban J connectivity index is 2.07. The highest BCUT2D eigenvalue weighted by Crippen LogP contribution is 2.28. The Morgan fingerprint density at radius 3 is 2.70 bits per heavy atom. The number of halogens is 1. The minimum absolute atomic E-state index is 0.184. The Morgan fingerprint density at radius 2 is 1.95 bits per heavy atom. The Hall–Kier alpha value is -1.65. The van der Waals surface area contributed by atoms with Gasteiger partial charge in [0.05, 0.1) is 22.4 Å². The van der Waals surface area contributed by atoms with Gasteiger partial charge in [-0.15, -0.1) is 0 Å². The summed E-state index contributed by atoms with van der Waals surface area (Å²) in [5.41, 5.74) is 8.55. The number of aromatic nitrogens is 2. The van der Waals surface area contributed by atoms with Crippen LogP contribution in [0.25, 0.3) is 10.8 Å². The fourth-order valence-corrected chi connectivity index (χ4v) is 3.04. The van der Waals surface area contributed by atoms with E-state index in [4.69, 9.17) is 5.73 Å². The van der Waals surface area contributed by atoms with Crippen molar-refractivity contribution in [1.29, 1.82) is 0 Å². The Morgan fingerprint density at radius 1 is 1.20 bits per heavy atom. The van der Waals surface area contributed by atoms with Gasteiger partial charge >= 0.3 is 0 Å². The van der Waals surface area contributed by atoms with Gasteiger partial charge in [0, 0.05) is 6.54 Å². The summed E-state index contributed by atoms with van der Waals surface area (Å²) >= 11 is 3.54. The van der Waals surface area contributed by atoms with E-state index in [2.05, 4.69) is 58.3 Å². The average molecular weight is 330 g/mol. The smallest absolute Gasteiger partial charge is 0.0738 e. The molecule has 4 heteroatoms. The zero-order chi connectivity index (χ0) is 14.1. The molecule has 0 aliphatic heterocycles. The standard InChI is InChI=1S/C16H16BrN3/c1-2-20-16(14(17)10-19-20)15(18)13-8-7-11-5-3-4-6-12(11)9-13/h3-10,15H,2,18H2,1H3. The molecule has 1 unspecified atom stereocenters. The molecule has 0 radical (unpaired) electrons. The largest absolute Gasteiger partial charge is 0.319 e. The minimum Gasteiger partial charge on any atom is -0.319 e. The molecular formula is C16H16BrN3. The molecule has 1 atom stereocenters. The van der Waals surface area contributed by atoms with E-state index in [9.17, 15) is 0 Å². The number of benzene rings is 2. The molecule has 20 heavy (non-hydrogen) atoms. The molecule has 0 saturated carbocycles. The Labute approximate surface area is 126 Å². The van der Waals surface area contributed by atoms with Crippen molar-refractivity contribution in [3.63, 3.8) is 0 Å². The fraction of sp³-hybridized carbons (Fsp3) is 0.188. The van der Waals surface area contributed by atoms with Gasteiger partial charge in [0.25, 0.3) is 0 Å². The summed E-state index contributed by atoms with van der Waals surface area (Å²) in [5, 5.41) is 6.77. The first-order valence-corrected chi connectivity index (χ1v) is 7.45. The molecule has 102 valence electrons. The highest BCUT2D eigenvalue weighted by Gasteiger charge is 2.17. The first kappa shape index (κ1) is 13.3. The van der Waals surface area contributed by atoms with Crippen molar-refractivity contribution in [2.75, 3.05) is 0 Å². The van der Waals surface area contributed by atoms with Gasteiger partial charge in [0.1, 0.15) is 0 Å². The monoisotopic (exact) mass is 329 g/mol. The van der Waals surface area contributed by atoms with Gasteiger partial charge in [-0.2, -0.15) is 5.10 Å². The summed E-state index contributed by atoms with van der Waals surface area (Å²) in [6, 6.07) is 14.5. The quantitative estimate of drug-likeness (QED) is 0.792. The maximum absolute atomic E-state index is 6.44. The van der Waals surface area contributed by atoms with Gasteiger partial charge < -0.3 is 5.73 Å². The van der Waals surface area contributed by atoms with Crippen molar-refractivity contribution in [3.8, 4) is 0 Å². The zero-order valence-corrected chi connectivity index (χ0v) is 12.8. The minimum atomic E-state index is -0.184. The van der Waals surface area contributed by atoms with Crippen LogP contribution >= 0.6 is 15.9 Å². The lowest BCUT2D eigenvalue weighted by atomic mass is 10.0. The van der Waals surface area contributed by atoms with Crippen LogP contribution in [0.4, 0.5) is 0 Å². The number of rotatable bonds is 3.